The quantitative estimate of drug-likeness (QED) is 0.810. The Morgan fingerprint density at radius 2 is 1.67 bits per heavy atom. The molecule has 0 heterocycles. The third kappa shape index (κ3) is 5.64. The molecule has 1 N–H and O–H groups in total. The summed E-state index contributed by atoms with van der Waals surface area (Å²) in [5.41, 5.74) is 3.99. The van der Waals surface area contributed by atoms with Gasteiger partial charge in [0, 0.05) is 13.1 Å². The van der Waals surface area contributed by atoms with E-state index in [1.54, 1.807) is 24.0 Å². The number of amides is 2. The largest absolute Gasteiger partial charge is 0.355 e. The third-order valence-corrected chi connectivity index (χ3v) is 4.71. The maximum atomic E-state index is 13.2. The fourth-order valence-electron chi connectivity index (χ4n) is 2.88. The summed E-state index contributed by atoms with van der Waals surface area (Å²) in [4.78, 5) is 26.9. The van der Waals surface area contributed by atoms with Crippen LogP contribution in [0.3, 0.4) is 0 Å². The predicted molar refractivity (Wildman–Crippen MR) is 105 cm³/mol. The van der Waals surface area contributed by atoms with Gasteiger partial charge in [-0.3, -0.25) is 9.59 Å². The molecule has 0 aliphatic heterocycles. The summed E-state index contributed by atoms with van der Waals surface area (Å²) >= 11 is 0. The van der Waals surface area contributed by atoms with Crippen molar-refractivity contribution in [3.8, 4) is 0 Å². The number of hydrogen-bond acceptors (Lipinski definition) is 2. The zero-order valence-corrected chi connectivity index (χ0v) is 16.4. The Morgan fingerprint density at radius 1 is 1.04 bits per heavy atom. The van der Waals surface area contributed by atoms with Crippen molar-refractivity contribution >= 4 is 11.8 Å². The van der Waals surface area contributed by atoms with Gasteiger partial charge in [-0.15, -0.1) is 0 Å². The number of nitrogens with zero attached hydrogens (tertiary/aromatic N) is 1. The zero-order valence-electron chi connectivity index (χ0n) is 16.4. The highest BCUT2D eigenvalue weighted by Gasteiger charge is 2.25. The number of hydrogen-bond donors (Lipinski definition) is 1. The summed E-state index contributed by atoms with van der Waals surface area (Å²) in [5, 5.41) is 2.76. The molecule has 0 fully saturated rings. The van der Waals surface area contributed by atoms with Crippen LogP contribution in [-0.2, 0) is 22.6 Å². The average molecular weight is 370 g/mol. The van der Waals surface area contributed by atoms with Crippen LogP contribution in [-0.4, -0.2) is 29.3 Å². The second kappa shape index (κ2) is 9.31. The van der Waals surface area contributed by atoms with E-state index < -0.39 is 6.04 Å². The molecule has 2 amide bonds. The predicted octanol–water partition coefficient (Wildman–Crippen LogP) is 3.54. The summed E-state index contributed by atoms with van der Waals surface area (Å²) < 4.78 is 13.2. The number of carbonyl (C=O) groups excluding carboxylic acids is 2. The standard InChI is InChI=1S/C22H27FN2O2/c1-5-24-22(27)17(4)25(14-18-8-10-20(23)11-9-18)21(26)13-19-7-6-15(2)16(3)12-19/h6-12,17H,5,13-14H2,1-4H3,(H,24,27). The second-order valence-corrected chi connectivity index (χ2v) is 6.81. The molecule has 4 nitrogen and oxygen atoms in total. The van der Waals surface area contributed by atoms with Gasteiger partial charge in [0.1, 0.15) is 11.9 Å². The van der Waals surface area contributed by atoms with Crippen molar-refractivity contribution in [3.05, 3.63) is 70.5 Å². The van der Waals surface area contributed by atoms with Gasteiger partial charge in [-0.25, -0.2) is 4.39 Å². The zero-order chi connectivity index (χ0) is 20.0. The van der Waals surface area contributed by atoms with E-state index in [9.17, 15) is 14.0 Å². The molecular formula is C22H27FN2O2. The molecule has 27 heavy (non-hydrogen) atoms. The van der Waals surface area contributed by atoms with E-state index in [-0.39, 0.29) is 30.6 Å². The molecule has 0 aromatic heterocycles. The maximum Gasteiger partial charge on any atom is 0.242 e. The summed E-state index contributed by atoms with van der Waals surface area (Å²) in [7, 11) is 0. The topological polar surface area (TPSA) is 49.4 Å². The molecule has 0 saturated heterocycles. The number of rotatable bonds is 7. The number of aryl methyl sites for hydroxylation is 2. The number of benzene rings is 2. The number of carbonyl (C=O) groups is 2. The lowest BCUT2D eigenvalue weighted by atomic mass is 10.0. The highest BCUT2D eigenvalue weighted by Crippen LogP contribution is 2.15. The Hall–Kier alpha value is -2.69. The van der Waals surface area contributed by atoms with Gasteiger partial charge in [0.2, 0.25) is 11.8 Å². The van der Waals surface area contributed by atoms with Crippen LogP contribution in [0.1, 0.15) is 36.1 Å². The third-order valence-electron chi connectivity index (χ3n) is 4.71. The molecule has 144 valence electrons. The van der Waals surface area contributed by atoms with E-state index in [0.29, 0.717) is 6.54 Å². The maximum absolute atomic E-state index is 13.2. The second-order valence-electron chi connectivity index (χ2n) is 6.81. The van der Waals surface area contributed by atoms with E-state index >= 15 is 0 Å². The summed E-state index contributed by atoms with van der Waals surface area (Å²) in [6.07, 6.45) is 0.214. The van der Waals surface area contributed by atoms with Gasteiger partial charge in [0.25, 0.3) is 0 Å². The van der Waals surface area contributed by atoms with Gasteiger partial charge in [-0.2, -0.15) is 0 Å². The van der Waals surface area contributed by atoms with Crippen molar-refractivity contribution in [1.82, 2.24) is 10.2 Å². The molecule has 5 heteroatoms. The van der Waals surface area contributed by atoms with Crippen LogP contribution in [0.25, 0.3) is 0 Å². The number of nitrogens with one attached hydrogen (secondary N) is 1. The number of likely N-dealkylation sites (N-methyl/N-ethyl adjacent to an activating group) is 1. The van der Waals surface area contributed by atoms with E-state index in [2.05, 4.69) is 5.32 Å². The van der Waals surface area contributed by atoms with Crippen molar-refractivity contribution in [3.63, 3.8) is 0 Å². The molecule has 0 bridgehead atoms. The minimum Gasteiger partial charge on any atom is -0.355 e. The van der Waals surface area contributed by atoms with Crippen molar-refractivity contribution in [2.75, 3.05) is 6.54 Å². The van der Waals surface area contributed by atoms with Gasteiger partial charge < -0.3 is 10.2 Å². The minimum absolute atomic E-state index is 0.138. The summed E-state index contributed by atoms with van der Waals surface area (Å²) in [6, 6.07) is 11.3. The smallest absolute Gasteiger partial charge is 0.242 e. The van der Waals surface area contributed by atoms with Crippen LogP contribution in [0.2, 0.25) is 0 Å². The van der Waals surface area contributed by atoms with Crippen molar-refractivity contribution in [2.24, 2.45) is 0 Å². The van der Waals surface area contributed by atoms with Gasteiger partial charge in [0.15, 0.2) is 0 Å². The van der Waals surface area contributed by atoms with Crippen LogP contribution < -0.4 is 5.32 Å². The van der Waals surface area contributed by atoms with Gasteiger partial charge in [-0.1, -0.05) is 30.3 Å². The lowest BCUT2D eigenvalue weighted by Gasteiger charge is -2.29. The first-order valence-electron chi connectivity index (χ1n) is 9.19. The van der Waals surface area contributed by atoms with Crippen LogP contribution in [0.5, 0.6) is 0 Å². The Labute approximate surface area is 160 Å². The molecule has 2 rings (SSSR count). The number of halogens is 1. The lowest BCUT2D eigenvalue weighted by molar-refractivity contribution is -0.140. The Morgan fingerprint density at radius 3 is 2.26 bits per heavy atom. The molecule has 0 aliphatic carbocycles. The van der Waals surface area contributed by atoms with Gasteiger partial charge in [-0.05, 0) is 62.1 Å². The van der Waals surface area contributed by atoms with Crippen LogP contribution in [0, 0.1) is 19.7 Å². The van der Waals surface area contributed by atoms with E-state index in [4.69, 9.17) is 0 Å². The van der Waals surface area contributed by atoms with Crippen LogP contribution >= 0.6 is 0 Å². The molecule has 1 atom stereocenters. The monoisotopic (exact) mass is 370 g/mol. The Bertz CT molecular complexity index is 802. The molecule has 1 unspecified atom stereocenters. The SMILES string of the molecule is CCNC(=O)C(C)N(Cc1ccc(F)cc1)C(=O)Cc1ccc(C)c(C)c1. The molecule has 0 radical (unpaired) electrons. The molecule has 2 aromatic rings. The minimum atomic E-state index is -0.617. The highest BCUT2D eigenvalue weighted by molar-refractivity contribution is 5.88. The Kier molecular flexibility index (Phi) is 7.11. The average Bonchev–Trinajstić information content (AvgIpc) is 2.64. The van der Waals surface area contributed by atoms with Gasteiger partial charge in [0.05, 0.1) is 6.42 Å². The van der Waals surface area contributed by atoms with Crippen molar-refractivity contribution in [2.45, 2.75) is 46.7 Å². The van der Waals surface area contributed by atoms with E-state index in [1.807, 2.05) is 39.0 Å². The summed E-state index contributed by atoms with van der Waals surface area (Å²) in [5.74, 6) is -0.669. The van der Waals surface area contributed by atoms with Gasteiger partial charge >= 0.3 is 0 Å². The molecule has 2 aromatic carbocycles. The molecule has 0 spiro atoms. The summed E-state index contributed by atoms with van der Waals surface area (Å²) in [6.45, 7) is 8.34. The van der Waals surface area contributed by atoms with E-state index in [1.165, 1.54) is 17.7 Å². The molecule has 0 saturated carbocycles. The fourth-order valence-corrected chi connectivity index (χ4v) is 2.88. The molecule has 0 aliphatic rings. The first-order chi connectivity index (χ1) is 12.8. The first-order valence-corrected chi connectivity index (χ1v) is 9.19. The lowest BCUT2D eigenvalue weighted by Crippen LogP contribution is -2.48. The van der Waals surface area contributed by atoms with Crippen LogP contribution in [0.4, 0.5) is 4.39 Å². The first kappa shape index (κ1) is 20.6. The highest BCUT2D eigenvalue weighted by atomic mass is 19.1. The van der Waals surface area contributed by atoms with Crippen molar-refractivity contribution < 1.29 is 14.0 Å². The fraction of sp³-hybridized carbons (Fsp3) is 0.364. The van der Waals surface area contributed by atoms with E-state index in [0.717, 1.165) is 16.7 Å². The molecular weight excluding hydrogens is 343 g/mol. The van der Waals surface area contributed by atoms with Crippen molar-refractivity contribution in [1.29, 1.82) is 0 Å². The normalized spacial score (nSPS) is 11.7. The van der Waals surface area contributed by atoms with Crippen LogP contribution in [0.15, 0.2) is 42.5 Å². The Balaban J connectivity index is 2.23.